The lowest BCUT2D eigenvalue weighted by Crippen LogP contribution is -2.26. The number of hydrogen-bond acceptors (Lipinski definition) is 2. The maximum Gasteiger partial charge on any atom is 0.133 e. The Morgan fingerprint density at radius 2 is 1.76 bits per heavy atom. The van der Waals surface area contributed by atoms with Crippen LogP contribution in [0.5, 0.6) is 5.75 Å². The van der Waals surface area contributed by atoms with E-state index in [1.807, 2.05) is 26.0 Å². The highest BCUT2D eigenvalue weighted by atomic mass is 19.1. The zero-order valence-electron chi connectivity index (χ0n) is 12.9. The summed E-state index contributed by atoms with van der Waals surface area (Å²) in [5.41, 5.74) is 2.09. The van der Waals surface area contributed by atoms with Crippen LogP contribution in [0.15, 0.2) is 36.4 Å². The maximum absolute atomic E-state index is 14.2. The van der Waals surface area contributed by atoms with E-state index in [4.69, 9.17) is 4.74 Å². The quantitative estimate of drug-likeness (QED) is 0.924. The van der Waals surface area contributed by atoms with E-state index in [1.54, 1.807) is 19.1 Å². The lowest BCUT2D eigenvalue weighted by molar-refractivity contribution is 0.0510. The van der Waals surface area contributed by atoms with Gasteiger partial charge in [0.15, 0.2) is 0 Å². The van der Waals surface area contributed by atoms with Crippen molar-refractivity contribution in [2.45, 2.75) is 32.8 Å². The second kappa shape index (κ2) is 5.86. The minimum atomic E-state index is -1.34. The van der Waals surface area contributed by atoms with E-state index in [9.17, 15) is 9.50 Å². The Kier molecular flexibility index (Phi) is 4.33. The molecule has 0 heterocycles. The van der Waals surface area contributed by atoms with Gasteiger partial charge in [-0.25, -0.2) is 4.39 Å². The molecule has 1 atom stereocenters. The van der Waals surface area contributed by atoms with Gasteiger partial charge in [0.25, 0.3) is 0 Å². The van der Waals surface area contributed by atoms with Crippen LogP contribution in [0.3, 0.4) is 0 Å². The average molecular weight is 288 g/mol. The Morgan fingerprint density at radius 1 is 1.14 bits per heavy atom. The summed E-state index contributed by atoms with van der Waals surface area (Å²) >= 11 is 0. The number of aliphatic hydroxyl groups is 1. The summed E-state index contributed by atoms with van der Waals surface area (Å²) in [6.45, 7) is 5.63. The summed E-state index contributed by atoms with van der Waals surface area (Å²) in [4.78, 5) is 0. The van der Waals surface area contributed by atoms with Crippen molar-refractivity contribution in [3.8, 4) is 5.75 Å². The van der Waals surface area contributed by atoms with Crippen LogP contribution in [0.1, 0.15) is 29.2 Å². The molecule has 1 unspecified atom stereocenters. The van der Waals surface area contributed by atoms with Gasteiger partial charge in [-0.1, -0.05) is 35.4 Å². The molecule has 21 heavy (non-hydrogen) atoms. The minimum Gasteiger partial charge on any atom is -0.496 e. The van der Waals surface area contributed by atoms with Crippen LogP contribution in [0.2, 0.25) is 0 Å². The molecule has 0 spiro atoms. The zero-order valence-corrected chi connectivity index (χ0v) is 12.9. The van der Waals surface area contributed by atoms with Crippen LogP contribution in [0.25, 0.3) is 0 Å². The van der Waals surface area contributed by atoms with E-state index < -0.39 is 11.4 Å². The minimum absolute atomic E-state index is 0.201. The van der Waals surface area contributed by atoms with Crippen LogP contribution in [-0.2, 0) is 12.0 Å². The number of hydrogen-bond donors (Lipinski definition) is 1. The number of halogens is 1. The van der Waals surface area contributed by atoms with Gasteiger partial charge in [0.1, 0.15) is 11.6 Å². The van der Waals surface area contributed by atoms with Gasteiger partial charge in [0.05, 0.1) is 18.3 Å². The Hall–Kier alpha value is -1.87. The summed E-state index contributed by atoms with van der Waals surface area (Å²) in [5.74, 6) is -0.0897. The Balaban J connectivity index is 2.42. The first-order valence-electron chi connectivity index (χ1n) is 6.96. The van der Waals surface area contributed by atoms with Gasteiger partial charge in [0, 0.05) is 6.42 Å². The summed E-state index contributed by atoms with van der Waals surface area (Å²) < 4.78 is 19.4. The van der Waals surface area contributed by atoms with E-state index in [2.05, 4.69) is 6.07 Å². The van der Waals surface area contributed by atoms with E-state index in [-0.39, 0.29) is 5.56 Å². The largest absolute Gasteiger partial charge is 0.496 e. The summed E-state index contributed by atoms with van der Waals surface area (Å²) in [7, 11) is 1.48. The molecule has 0 aliphatic heterocycles. The third kappa shape index (κ3) is 3.42. The summed E-state index contributed by atoms with van der Waals surface area (Å²) in [5, 5.41) is 10.8. The fraction of sp³-hybridized carbons (Fsp3) is 0.333. The van der Waals surface area contributed by atoms with Gasteiger partial charge in [0.2, 0.25) is 0 Å². The lowest BCUT2D eigenvalue weighted by Gasteiger charge is -2.26. The van der Waals surface area contributed by atoms with Gasteiger partial charge in [-0.2, -0.15) is 0 Å². The van der Waals surface area contributed by atoms with Crippen LogP contribution in [-0.4, -0.2) is 12.2 Å². The number of benzene rings is 2. The van der Waals surface area contributed by atoms with E-state index in [1.165, 1.54) is 13.2 Å². The van der Waals surface area contributed by atoms with Crippen LogP contribution < -0.4 is 4.74 Å². The highest BCUT2D eigenvalue weighted by Gasteiger charge is 2.30. The SMILES string of the molecule is COc1cccc(F)c1C(C)(O)Cc1cc(C)cc(C)c1. The standard InChI is InChI=1S/C18H21FO2/c1-12-8-13(2)10-14(9-12)11-18(3,20)17-15(19)6-5-7-16(17)21-4/h5-10,20H,11H2,1-4H3. The topological polar surface area (TPSA) is 29.5 Å². The first-order chi connectivity index (χ1) is 9.83. The number of aryl methyl sites for hydroxylation is 2. The van der Waals surface area contributed by atoms with Crippen molar-refractivity contribution < 1.29 is 14.2 Å². The third-order valence-electron chi connectivity index (χ3n) is 3.56. The van der Waals surface area contributed by atoms with Crippen molar-refractivity contribution in [1.29, 1.82) is 0 Å². The maximum atomic E-state index is 14.2. The fourth-order valence-electron chi connectivity index (χ4n) is 2.85. The second-order valence-corrected chi connectivity index (χ2v) is 5.76. The van der Waals surface area contributed by atoms with Gasteiger partial charge in [-0.15, -0.1) is 0 Å². The zero-order chi connectivity index (χ0) is 15.6. The van der Waals surface area contributed by atoms with E-state index in [0.717, 1.165) is 16.7 Å². The first-order valence-corrected chi connectivity index (χ1v) is 6.96. The molecule has 0 bridgehead atoms. The molecule has 0 radical (unpaired) electrons. The van der Waals surface area contributed by atoms with Crippen LogP contribution in [0, 0.1) is 19.7 Å². The van der Waals surface area contributed by atoms with Gasteiger partial charge >= 0.3 is 0 Å². The van der Waals surface area contributed by atoms with Crippen LogP contribution >= 0.6 is 0 Å². The molecule has 0 aliphatic rings. The second-order valence-electron chi connectivity index (χ2n) is 5.76. The Morgan fingerprint density at radius 3 is 2.33 bits per heavy atom. The molecule has 1 N–H and O–H groups in total. The lowest BCUT2D eigenvalue weighted by atomic mass is 9.87. The highest BCUT2D eigenvalue weighted by molar-refractivity contribution is 5.40. The highest BCUT2D eigenvalue weighted by Crippen LogP contribution is 2.35. The Bertz CT molecular complexity index is 627. The first kappa shape index (κ1) is 15.5. The third-order valence-corrected chi connectivity index (χ3v) is 3.56. The summed E-state index contributed by atoms with van der Waals surface area (Å²) in [6, 6.07) is 10.7. The molecule has 0 aliphatic carbocycles. The van der Waals surface area contributed by atoms with Crippen molar-refractivity contribution in [2.24, 2.45) is 0 Å². The number of methoxy groups -OCH3 is 1. The predicted molar refractivity (Wildman–Crippen MR) is 82.1 cm³/mol. The number of ether oxygens (including phenoxy) is 1. The van der Waals surface area contributed by atoms with Gasteiger partial charge < -0.3 is 9.84 Å². The summed E-state index contributed by atoms with van der Waals surface area (Å²) in [6.07, 6.45) is 0.326. The molecule has 0 aromatic heterocycles. The molecule has 0 fully saturated rings. The number of rotatable bonds is 4. The van der Waals surface area contributed by atoms with E-state index in [0.29, 0.717) is 12.2 Å². The molecular formula is C18H21FO2. The van der Waals surface area contributed by atoms with E-state index >= 15 is 0 Å². The average Bonchev–Trinajstić information content (AvgIpc) is 2.35. The molecule has 0 amide bonds. The molecule has 2 rings (SSSR count). The van der Waals surface area contributed by atoms with Crippen molar-refractivity contribution in [2.75, 3.05) is 7.11 Å². The van der Waals surface area contributed by atoms with Gasteiger partial charge in [-0.05, 0) is 38.5 Å². The van der Waals surface area contributed by atoms with Crippen molar-refractivity contribution in [3.05, 3.63) is 64.5 Å². The van der Waals surface area contributed by atoms with Crippen LogP contribution in [0.4, 0.5) is 4.39 Å². The normalized spacial score (nSPS) is 13.8. The smallest absolute Gasteiger partial charge is 0.133 e. The molecule has 0 saturated heterocycles. The fourth-order valence-corrected chi connectivity index (χ4v) is 2.85. The van der Waals surface area contributed by atoms with Crippen molar-refractivity contribution in [1.82, 2.24) is 0 Å². The molecule has 2 aromatic rings. The monoisotopic (exact) mass is 288 g/mol. The predicted octanol–water partition coefficient (Wildman–Crippen LogP) is 3.90. The van der Waals surface area contributed by atoms with Crippen molar-refractivity contribution in [3.63, 3.8) is 0 Å². The molecule has 112 valence electrons. The Labute approximate surface area is 125 Å². The molecule has 0 saturated carbocycles. The van der Waals surface area contributed by atoms with Gasteiger partial charge in [-0.3, -0.25) is 0 Å². The molecule has 3 heteroatoms. The van der Waals surface area contributed by atoms with Crippen molar-refractivity contribution >= 4 is 0 Å². The molecule has 2 aromatic carbocycles. The molecular weight excluding hydrogens is 267 g/mol. The molecule has 2 nitrogen and oxygen atoms in total.